The maximum Gasteiger partial charge on any atom is 0.229 e. The lowest BCUT2D eigenvalue weighted by Crippen LogP contribution is -2.06. The Hall–Kier alpha value is -3.61. The zero-order valence-electron chi connectivity index (χ0n) is 16.3. The van der Waals surface area contributed by atoms with Gasteiger partial charge in [-0.05, 0) is 55.8 Å². The van der Waals surface area contributed by atoms with Gasteiger partial charge in [0.2, 0.25) is 11.9 Å². The van der Waals surface area contributed by atoms with Crippen molar-refractivity contribution >= 4 is 34.7 Å². The topological polar surface area (TPSA) is 88.2 Å². The van der Waals surface area contributed by atoms with E-state index in [1.54, 1.807) is 7.11 Å². The molecule has 0 fully saturated rings. The number of rotatable bonds is 6. The molecule has 7 heteroatoms. The van der Waals surface area contributed by atoms with Crippen LogP contribution < -0.4 is 20.7 Å². The molecule has 0 saturated carbocycles. The number of hydrogen-bond donors (Lipinski definition) is 3. The van der Waals surface area contributed by atoms with Crippen LogP contribution in [0.15, 0.2) is 48.5 Å². The first-order valence-electron chi connectivity index (χ1n) is 8.85. The highest BCUT2D eigenvalue weighted by molar-refractivity contribution is 5.88. The number of methoxy groups -OCH3 is 1. The normalized spacial score (nSPS) is 10.3. The van der Waals surface area contributed by atoms with Crippen molar-refractivity contribution in [2.45, 2.75) is 20.8 Å². The molecule has 3 N–H and O–H groups in total. The number of aromatic nitrogens is 2. The Kier molecular flexibility index (Phi) is 5.74. The van der Waals surface area contributed by atoms with E-state index < -0.39 is 0 Å². The van der Waals surface area contributed by atoms with Gasteiger partial charge in [-0.2, -0.15) is 4.98 Å². The third kappa shape index (κ3) is 4.97. The number of benzene rings is 2. The molecule has 7 nitrogen and oxygen atoms in total. The van der Waals surface area contributed by atoms with Gasteiger partial charge >= 0.3 is 0 Å². The van der Waals surface area contributed by atoms with Crippen molar-refractivity contribution in [3.05, 3.63) is 59.8 Å². The number of carbonyl (C=O) groups is 1. The number of aryl methyl sites for hydroxylation is 2. The minimum Gasteiger partial charge on any atom is -0.495 e. The fraction of sp³-hybridized carbons (Fsp3) is 0.190. The number of anilines is 5. The van der Waals surface area contributed by atoms with Gasteiger partial charge in [0.1, 0.15) is 11.6 Å². The number of nitrogens with one attached hydrogen (secondary N) is 3. The maximum atomic E-state index is 11.1. The molecule has 2 aromatic carbocycles. The summed E-state index contributed by atoms with van der Waals surface area (Å²) < 4.78 is 5.40. The molecule has 144 valence electrons. The summed E-state index contributed by atoms with van der Waals surface area (Å²) in [6.07, 6.45) is 0. The Balaban J connectivity index is 1.80. The smallest absolute Gasteiger partial charge is 0.229 e. The molecule has 0 saturated heterocycles. The largest absolute Gasteiger partial charge is 0.495 e. The molecule has 1 aromatic heterocycles. The lowest BCUT2D eigenvalue weighted by molar-refractivity contribution is -0.114. The Labute approximate surface area is 164 Å². The molecular weight excluding hydrogens is 354 g/mol. The molecule has 0 aliphatic carbocycles. The molecule has 1 heterocycles. The van der Waals surface area contributed by atoms with Crippen LogP contribution in [-0.2, 0) is 4.79 Å². The van der Waals surface area contributed by atoms with Gasteiger partial charge in [0.15, 0.2) is 0 Å². The number of hydrogen-bond acceptors (Lipinski definition) is 6. The minimum atomic E-state index is -0.102. The standard InChI is InChI=1S/C21H23N5O2/c1-13-5-10-19(28-4)18(11-13)25-21-22-14(2)12-20(26-21)24-17-8-6-16(7-9-17)23-15(3)27/h5-12H,1-4H3,(H,23,27)(H2,22,24,25,26). The zero-order valence-corrected chi connectivity index (χ0v) is 16.3. The van der Waals surface area contributed by atoms with Gasteiger partial charge < -0.3 is 20.7 Å². The van der Waals surface area contributed by atoms with Crippen LogP contribution in [-0.4, -0.2) is 23.0 Å². The van der Waals surface area contributed by atoms with Crippen molar-refractivity contribution in [2.75, 3.05) is 23.1 Å². The van der Waals surface area contributed by atoms with Crippen LogP contribution in [0.1, 0.15) is 18.2 Å². The molecule has 0 unspecified atom stereocenters. The highest BCUT2D eigenvalue weighted by atomic mass is 16.5. The van der Waals surface area contributed by atoms with Crippen molar-refractivity contribution in [3.8, 4) is 5.75 Å². The van der Waals surface area contributed by atoms with Gasteiger partial charge in [-0.3, -0.25) is 4.79 Å². The van der Waals surface area contributed by atoms with Crippen LogP contribution in [0.3, 0.4) is 0 Å². The van der Waals surface area contributed by atoms with E-state index in [1.807, 2.05) is 62.4 Å². The van der Waals surface area contributed by atoms with Crippen molar-refractivity contribution in [1.82, 2.24) is 9.97 Å². The molecule has 0 aliphatic rings. The Morgan fingerprint density at radius 1 is 0.929 bits per heavy atom. The molecule has 3 rings (SSSR count). The quantitative estimate of drug-likeness (QED) is 0.584. The first-order chi connectivity index (χ1) is 13.4. The van der Waals surface area contributed by atoms with Gasteiger partial charge in [-0.15, -0.1) is 0 Å². The average molecular weight is 377 g/mol. The average Bonchev–Trinajstić information content (AvgIpc) is 2.63. The predicted octanol–water partition coefficient (Wildman–Crippen LogP) is 4.55. The van der Waals surface area contributed by atoms with Gasteiger partial charge in [-0.1, -0.05) is 6.07 Å². The van der Waals surface area contributed by atoms with Gasteiger partial charge in [-0.25, -0.2) is 4.98 Å². The summed E-state index contributed by atoms with van der Waals surface area (Å²) in [7, 11) is 1.63. The molecule has 28 heavy (non-hydrogen) atoms. The van der Waals surface area contributed by atoms with Crippen molar-refractivity contribution in [1.29, 1.82) is 0 Å². The lowest BCUT2D eigenvalue weighted by atomic mass is 10.2. The van der Waals surface area contributed by atoms with Crippen molar-refractivity contribution < 1.29 is 9.53 Å². The summed E-state index contributed by atoms with van der Waals surface area (Å²) in [5, 5.41) is 9.23. The van der Waals surface area contributed by atoms with Crippen LogP contribution in [0.5, 0.6) is 5.75 Å². The van der Waals surface area contributed by atoms with Crippen molar-refractivity contribution in [3.63, 3.8) is 0 Å². The minimum absolute atomic E-state index is 0.102. The van der Waals surface area contributed by atoms with E-state index in [9.17, 15) is 4.79 Å². The van der Waals surface area contributed by atoms with Crippen LogP contribution in [0, 0.1) is 13.8 Å². The number of amides is 1. The van der Waals surface area contributed by atoms with E-state index in [2.05, 4.69) is 25.9 Å². The predicted molar refractivity (Wildman–Crippen MR) is 112 cm³/mol. The summed E-state index contributed by atoms with van der Waals surface area (Å²) in [5.41, 5.74) is 4.32. The fourth-order valence-electron chi connectivity index (χ4n) is 2.72. The van der Waals surface area contributed by atoms with Crippen LogP contribution in [0.2, 0.25) is 0 Å². The molecule has 0 radical (unpaired) electrons. The Morgan fingerprint density at radius 3 is 2.32 bits per heavy atom. The number of carbonyl (C=O) groups excluding carboxylic acids is 1. The Morgan fingerprint density at radius 2 is 1.64 bits per heavy atom. The van der Waals surface area contributed by atoms with Crippen LogP contribution in [0.4, 0.5) is 28.8 Å². The van der Waals surface area contributed by atoms with Crippen LogP contribution in [0.25, 0.3) is 0 Å². The molecule has 1 amide bonds. The van der Waals surface area contributed by atoms with Gasteiger partial charge in [0.25, 0.3) is 0 Å². The first kappa shape index (κ1) is 19.2. The Bertz CT molecular complexity index is 987. The molecule has 3 aromatic rings. The SMILES string of the molecule is COc1ccc(C)cc1Nc1nc(C)cc(Nc2ccc(NC(C)=O)cc2)n1. The highest BCUT2D eigenvalue weighted by Gasteiger charge is 2.08. The van der Waals surface area contributed by atoms with E-state index in [1.165, 1.54) is 6.92 Å². The maximum absolute atomic E-state index is 11.1. The summed E-state index contributed by atoms with van der Waals surface area (Å²) in [5.74, 6) is 1.75. The number of nitrogens with zero attached hydrogens (tertiary/aromatic N) is 2. The summed E-state index contributed by atoms with van der Waals surface area (Å²) in [4.78, 5) is 20.1. The highest BCUT2D eigenvalue weighted by Crippen LogP contribution is 2.28. The third-order valence-electron chi connectivity index (χ3n) is 3.93. The monoisotopic (exact) mass is 377 g/mol. The van der Waals surface area contributed by atoms with E-state index in [4.69, 9.17) is 4.74 Å². The lowest BCUT2D eigenvalue weighted by Gasteiger charge is -2.13. The summed E-state index contributed by atoms with van der Waals surface area (Å²) in [6, 6.07) is 15.1. The third-order valence-corrected chi connectivity index (χ3v) is 3.93. The van der Waals surface area contributed by atoms with E-state index in [-0.39, 0.29) is 5.91 Å². The number of ether oxygens (including phenoxy) is 1. The second kappa shape index (κ2) is 8.39. The molecule has 0 aliphatic heterocycles. The van der Waals surface area contributed by atoms with Gasteiger partial charge in [0.05, 0.1) is 12.8 Å². The van der Waals surface area contributed by atoms with E-state index in [0.29, 0.717) is 11.8 Å². The molecular formula is C21H23N5O2. The fourth-order valence-corrected chi connectivity index (χ4v) is 2.72. The van der Waals surface area contributed by atoms with E-state index >= 15 is 0 Å². The first-order valence-corrected chi connectivity index (χ1v) is 8.85. The van der Waals surface area contributed by atoms with E-state index in [0.717, 1.165) is 34.1 Å². The second-order valence-electron chi connectivity index (χ2n) is 6.43. The molecule has 0 spiro atoms. The summed E-state index contributed by atoms with van der Waals surface area (Å²) in [6.45, 7) is 5.40. The molecule has 0 atom stereocenters. The zero-order chi connectivity index (χ0) is 20.1. The van der Waals surface area contributed by atoms with Gasteiger partial charge in [0, 0.05) is 30.1 Å². The second-order valence-corrected chi connectivity index (χ2v) is 6.43. The molecule has 0 bridgehead atoms. The summed E-state index contributed by atoms with van der Waals surface area (Å²) >= 11 is 0. The van der Waals surface area contributed by atoms with Crippen molar-refractivity contribution in [2.24, 2.45) is 0 Å². The van der Waals surface area contributed by atoms with Crippen LogP contribution >= 0.6 is 0 Å².